The van der Waals surface area contributed by atoms with Crippen molar-refractivity contribution >= 4 is 11.3 Å². The molecule has 1 unspecified atom stereocenters. The second-order valence-corrected chi connectivity index (χ2v) is 6.00. The van der Waals surface area contributed by atoms with Gasteiger partial charge in [0.05, 0.1) is 0 Å². The van der Waals surface area contributed by atoms with Gasteiger partial charge < -0.3 is 5.73 Å². The first-order chi connectivity index (χ1) is 8.60. The average Bonchev–Trinajstić information content (AvgIpc) is 2.71. The molecule has 0 aromatic carbocycles. The largest absolute Gasteiger partial charge is 0.323 e. The van der Waals surface area contributed by atoms with Crippen molar-refractivity contribution in [1.82, 2.24) is 4.98 Å². The zero-order chi connectivity index (χ0) is 13.1. The van der Waals surface area contributed by atoms with E-state index in [0.717, 1.165) is 18.5 Å². The van der Waals surface area contributed by atoms with Gasteiger partial charge in [0.25, 0.3) is 0 Å². The third kappa shape index (κ3) is 2.98. The van der Waals surface area contributed by atoms with Gasteiger partial charge in [-0.3, -0.25) is 4.98 Å². The van der Waals surface area contributed by atoms with Crippen LogP contribution in [0.5, 0.6) is 0 Å². The molecule has 0 saturated carbocycles. The summed E-state index contributed by atoms with van der Waals surface area (Å²) in [5.74, 6) is 0. The Morgan fingerprint density at radius 3 is 2.61 bits per heavy atom. The van der Waals surface area contributed by atoms with Crippen molar-refractivity contribution in [2.24, 2.45) is 5.73 Å². The molecule has 3 heteroatoms. The van der Waals surface area contributed by atoms with E-state index in [1.807, 2.05) is 6.20 Å². The minimum Gasteiger partial charge on any atom is -0.323 e. The van der Waals surface area contributed by atoms with Gasteiger partial charge in [-0.15, -0.1) is 11.3 Å². The number of aromatic nitrogens is 1. The fraction of sp³-hybridized carbons (Fsp3) is 0.400. The first kappa shape index (κ1) is 13.2. The molecular formula is C15H20N2S. The van der Waals surface area contributed by atoms with Crippen LogP contribution in [0.3, 0.4) is 0 Å². The number of rotatable bonds is 4. The molecule has 0 spiro atoms. The number of thiophene rings is 1. The number of nitrogens with zero attached hydrogens (tertiary/aromatic N) is 1. The lowest BCUT2D eigenvalue weighted by atomic mass is 10.1. The summed E-state index contributed by atoms with van der Waals surface area (Å²) in [6, 6.07) is 6.49. The molecule has 0 aliphatic rings. The zero-order valence-electron chi connectivity index (χ0n) is 11.2. The second-order valence-electron chi connectivity index (χ2n) is 4.71. The number of pyridine rings is 1. The summed E-state index contributed by atoms with van der Waals surface area (Å²) in [6.07, 6.45) is 3.79. The molecular weight excluding hydrogens is 240 g/mol. The molecule has 2 rings (SSSR count). The van der Waals surface area contributed by atoms with Gasteiger partial charge in [0.2, 0.25) is 0 Å². The monoisotopic (exact) mass is 260 g/mol. The Bertz CT molecular complexity index is 494. The number of hydrogen-bond acceptors (Lipinski definition) is 3. The third-order valence-electron chi connectivity index (χ3n) is 3.27. The standard InChI is InChI=1S/C15H20N2S/c1-4-12-5-6-13(17-9-12)8-14(16)15-7-10(2)11(3)18-15/h5-7,9,14H,4,8,16H2,1-3H3. The molecule has 2 aromatic rings. The van der Waals surface area contributed by atoms with Crippen molar-refractivity contribution in [2.75, 3.05) is 0 Å². The molecule has 0 radical (unpaired) electrons. The number of nitrogens with two attached hydrogens (primary N) is 1. The van der Waals surface area contributed by atoms with Crippen molar-refractivity contribution in [2.45, 2.75) is 39.7 Å². The summed E-state index contributed by atoms with van der Waals surface area (Å²) in [5.41, 5.74) is 9.93. The van der Waals surface area contributed by atoms with Crippen molar-refractivity contribution in [3.8, 4) is 0 Å². The molecule has 2 N–H and O–H groups in total. The van der Waals surface area contributed by atoms with Gasteiger partial charge in [-0.1, -0.05) is 13.0 Å². The maximum atomic E-state index is 6.25. The smallest absolute Gasteiger partial charge is 0.0445 e. The molecule has 2 aromatic heterocycles. The molecule has 0 bridgehead atoms. The fourth-order valence-corrected chi connectivity index (χ4v) is 2.94. The van der Waals surface area contributed by atoms with Crippen LogP contribution < -0.4 is 5.73 Å². The molecule has 0 fully saturated rings. The Morgan fingerprint density at radius 1 is 1.33 bits per heavy atom. The van der Waals surface area contributed by atoms with Crippen LogP contribution in [-0.2, 0) is 12.8 Å². The minimum atomic E-state index is 0.0578. The molecule has 1 atom stereocenters. The van der Waals surface area contributed by atoms with Crippen molar-refractivity contribution < 1.29 is 0 Å². The highest BCUT2D eigenvalue weighted by molar-refractivity contribution is 7.12. The van der Waals surface area contributed by atoms with E-state index >= 15 is 0 Å². The Kier molecular flexibility index (Phi) is 4.15. The van der Waals surface area contributed by atoms with Crippen LogP contribution in [0.4, 0.5) is 0 Å². The molecule has 0 amide bonds. The Balaban J connectivity index is 2.08. The average molecular weight is 260 g/mol. The van der Waals surface area contributed by atoms with Gasteiger partial charge in [0.1, 0.15) is 0 Å². The van der Waals surface area contributed by atoms with E-state index in [9.17, 15) is 0 Å². The summed E-state index contributed by atoms with van der Waals surface area (Å²) in [4.78, 5) is 7.08. The van der Waals surface area contributed by atoms with Crippen molar-refractivity contribution in [1.29, 1.82) is 0 Å². The second kappa shape index (κ2) is 5.63. The van der Waals surface area contributed by atoms with E-state index in [1.54, 1.807) is 11.3 Å². The molecule has 0 saturated heterocycles. The van der Waals surface area contributed by atoms with Crippen LogP contribution in [-0.4, -0.2) is 4.98 Å². The summed E-state index contributed by atoms with van der Waals surface area (Å²) < 4.78 is 0. The van der Waals surface area contributed by atoms with E-state index in [0.29, 0.717) is 0 Å². The van der Waals surface area contributed by atoms with E-state index in [-0.39, 0.29) is 6.04 Å². The summed E-state index contributed by atoms with van der Waals surface area (Å²) >= 11 is 1.80. The van der Waals surface area contributed by atoms with E-state index in [1.165, 1.54) is 20.9 Å². The van der Waals surface area contributed by atoms with Gasteiger partial charge in [0, 0.05) is 34.1 Å². The van der Waals surface area contributed by atoms with Gasteiger partial charge in [-0.2, -0.15) is 0 Å². The first-order valence-electron chi connectivity index (χ1n) is 6.36. The molecule has 18 heavy (non-hydrogen) atoms. The van der Waals surface area contributed by atoms with Crippen molar-refractivity contribution in [3.05, 3.63) is 51.0 Å². The normalized spacial score (nSPS) is 12.7. The van der Waals surface area contributed by atoms with Crippen LogP contribution >= 0.6 is 11.3 Å². The van der Waals surface area contributed by atoms with Gasteiger partial charge in [-0.05, 0) is 43.5 Å². The molecule has 0 aliphatic carbocycles. The van der Waals surface area contributed by atoms with Gasteiger partial charge in [-0.25, -0.2) is 0 Å². The summed E-state index contributed by atoms with van der Waals surface area (Å²) in [7, 11) is 0. The van der Waals surface area contributed by atoms with E-state index in [2.05, 4.69) is 44.0 Å². The quantitative estimate of drug-likeness (QED) is 0.913. The lowest BCUT2D eigenvalue weighted by Gasteiger charge is -2.09. The molecule has 96 valence electrons. The summed E-state index contributed by atoms with van der Waals surface area (Å²) in [5, 5.41) is 0. The Hall–Kier alpha value is -1.19. The maximum Gasteiger partial charge on any atom is 0.0445 e. The SMILES string of the molecule is CCc1ccc(CC(N)c2cc(C)c(C)s2)nc1. The van der Waals surface area contributed by atoms with Crippen molar-refractivity contribution in [3.63, 3.8) is 0 Å². The predicted molar refractivity (Wildman–Crippen MR) is 78.0 cm³/mol. The fourth-order valence-electron chi connectivity index (χ4n) is 1.90. The lowest BCUT2D eigenvalue weighted by Crippen LogP contribution is -2.12. The molecule has 2 nitrogen and oxygen atoms in total. The molecule has 2 heterocycles. The Labute approximate surface area is 113 Å². The highest BCUT2D eigenvalue weighted by Gasteiger charge is 2.11. The van der Waals surface area contributed by atoms with Crippen LogP contribution in [0.1, 0.15) is 39.5 Å². The highest BCUT2D eigenvalue weighted by Crippen LogP contribution is 2.26. The van der Waals surface area contributed by atoms with E-state index < -0.39 is 0 Å². The van der Waals surface area contributed by atoms with E-state index in [4.69, 9.17) is 5.73 Å². The number of aryl methyl sites for hydroxylation is 3. The lowest BCUT2D eigenvalue weighted by molar-refractivity contribution is 0.718. The maximum absolute atomic E-state index is 6.25. The Morgan fingerprint density at radius 2 is 2.11 bits per heavy atom. The first-order valence-corrected chi connectivity index (χ1v) is 7.18. The highest BCUT2D eigenvalue weighted by atomic mass is 32.1. The topological polar surface area (TPSA) is 38.9 Å². The number of hydrogen-bond donors (Lipinski definition) is 1. The zero-order valence-corrected chi connectivity index (χ0v) is 12.1. The van der Waals surface area contributed by atoms with Crippen LogP contribution in [0.2, 0.25) is 0 Å². The van der Waals surface area contributed by atoms with Gasteiger partial charge in [0.15, 0.2) is 0 Å². The third-order valence-corrected chi connectivity index (χ3v) is 4.56. The van der Waals surface area contributed by atoms with Crippen LogP contribution in [0.15, 0.2) is 24.4 Å². The van der Waals surface area contributed by atoms with Crippen LogP contribution in [0, 0.1) is 13.8 Å². The van der Waals surface area contributed by atoms with Crippen LogP contribution in [0.25, 0.3) is 0 Å². The minimum absolute atomic E-state index is 0.0578. The molecule has 0 aliphatic heterocycles. The predicted octanol–water partition coefficient (Wildman–Crippen LogP) is 3.56. The summed E-state index contributed by atoms with van der Waals surface area (Å²) in [6.45, 7) is 6.42. The van der Waals surface area contributed by atoms with Gasteiger partial charge >= 0.3 is 0 Å².